The van der Waals surface area contributed by atoms with Crippen molar-refractivity contribution in [3.63, 3.8) is 0 Å². The van der Waals surface area contributed by atoms with Crippen LogP contribution in [-0.4, -0.2) is 70.0 Å². The van der Waals surface area contributed by atoms with E-state index in [0.29, 0.717) is 17.4 Å². The summed E-state index contributed by atoms with van der Waals surface area (Å²) >= 11 is 0. The van der Waals surface area contributed by atoms with Crippen LogP contribution in [0.25, 0.3) is 0 Å². The van der Waals surface area contributed by atoms with E-state index < -0.39 is 26.5 Å². The van der Waals surface area contributed by atoms with Crippen LogP contribution in [0.2, 0.25) is 0 Å². The molecule has 2 atom stereocenters. The number of hydrogen-bond donors (Lipinski definition) is 0. The molecule has 10 heteroatoms. The Bertz CT molecular complexity index is 1470. The van der Waals surface area contributed by atoms with E-state index >= 15 is 0 Å². The SMILES string of the molecule is CC/C=C\C/C=C\C/C=C\C/C=C\C/C=C\CCCCCCCCCCCCCCCCCCCCCCCCCC(=O)OC(COC(=O)CCCCCCCCCCCCCCC)COP(=O)([O-])OCC[N+](C)(C)C. The lowest BCUT2D eigenvalue weighted by Gasteiger charge is -2.28. The van der Waals surface area contributed by atoms with E-state index in [4.69, 9.17) is 18.5 Å². The molecular formula is C66H122NO8P. The van der Waals surface area contributed by atoms with Gasteiger partial charge < -0.3 is 27.9 Å². The first-order valence-electron chi connectivity index (χ1n) is 32.0. The van der Waals surface area contributed by atoms with E-state index in [1.165, 1.54) is 199 Å². The molecule has 76 heavy (non-hydrogen) atoms. The molecule has 0 amide bonds. The quantitative estimate of drug-likeness (QED) is 0.0195. The smallest absolute Gasteiger partial charge is 0.306 e. The van der Waals surface area contributed by atoms with Crippen molar-refractivity contribution >= 4 is 19.8 Å². The van der Waals surface area contributed by atoms with Crippen molar-refractivity contribution < 1.29 is 42.1 Å². The van der Waals surface area contributed by atoms with Crippen molar-refractivity contribution in [1.29, 1.82) is 0 Å². The molecule has 0 aromatic heterocycles. The minimum Gasteiger partial charge on any atom is -0.756 e. The number of ether oxygens (including phenoxy) is 2. The van der Waals surface area contributed by atoms with E-state index in [0.717, 1.165) is 64.2 Å². The zero-order valence-electron chi connectivity index (χ0n) is 50.5. The molecule has 0 saturated carbocycles. The number of allylic oxidation sites excluding steroid dienone is 10. The third-order valence-electron chi connectivity index (χ3n) is 14.1. The highest BCUT2D eigenvalue weighted by atomic mass is 31.2. The summed E-state index contributed by atoms with van der Waals surface area (Å²) in [5.74, 6) is -0.818. The summed E-state index contributed by atoms with van der Waals surface area (Å²) in [5, 5.41) is 0. The zero-order valence-corrected chi connectivity index (χ0v) is 51.3. The number of unbranched alkanes of at least 4 members (excludes halogenated alkanes) is 35. The number of carbonyl (C=O) groups is 2. The third kappa shape index (κ3) is 60.9. The van der Waals surface area contributed by atoms with Gasteiger partial charge in [0.25, 0.3) is 7.82 Å². The number of hydrogen-bond acceptors (Lipinski definition) is 8. The number of nitrogens with zero attached hydrogens (tertiary/aromatic N) is 1. The number of quaternary nitrogens is 1. The second kappa shape index (κ2) is 57.4. The molecule has 0 saturated heterocycles. The lowest BCUT2D eigenvalue weighted by atomic mass is 10.0. The van der Waals surface area contributed by atoms with Gasteiger partial charge in [-0.05, 0) is 57.8 Å². The first kappa shape index (κ1) is 73.7. The van der Waals surface area contributed by atoms with Gasteiger partial charge in [-0.1, -0.05) is 286 Å². The fourth-order valence-electron chi connectivity index (χ4n) is 9.16. The molecule has 2 unspecified atom stereocenters. The maximum Gasteiger partial charge on any atom is 0.306 e. The van der Waals surface area contributed by atoms with E-state index in [-0.39, 0.29) is 32.0 Å². The Labute approximate surface area is 470 Å². The molecule has 0 N–H and O–H groups in total. The summed E-state index contributed by atoms with van der Waals surface area (Å²) in [4.78, 5) is 37.8. The highest BCUT2D eigenvalue weighted by Crippen LogP contribution is 2.38. The molecule has 444 valence electrons. The number of likely N-dealkylation sites (N-methyl/N-ethyl adjacent to an activating group) is 1. The molecule has 0 bridgehead atoms. The van der Waals surface area contributed by atoms with Crippen LogP contribution < -0.4 is 4.89 Å². The molecular weight excluding hydrogens is 966 g/mol. The Hall–Kier alpha value is -2.29. The number of rotatable bonds is 59. The summed E-state index contributed by atoms with van der Waals surface area (Å²) < 4.78 is 34.2. The lowest BCUT2D eigenvalue weighted by Crippen LogP contribution is -2.37. The van der Waals surface area contributed by atoms with Gasteiger partial charge in [0.15, 0.2) is 6.10 Å². The largest absolute Gasteiger partial charge is 0.756 e. The molecule has 0 aromatic carbocycles. The Morgan fingerprint density at radius 1 is 0.421 bits per heavy atom. The summed E-state index contributed by atoms with van der Waals surface area (Å²) in [6, 6.07) is 0. The Morgan fingerprint density at radius 3 is 1.12 bits per heavy atom. The summed E-state index contributed by atoms with van der Waals surface area (Å²) in [6.45, 7) is 4.16. The molecule has 0 radical (unpaired) electrons. The molecule has 0 fully saturated rings. The van der Waals surface area contributed by atoms with Crippen LogP contribution in [0.1, 0.15) is 296 Å². The minimum absolute atomic E-state index is 0.0283. The molecule has 0 aliphatic heterocycles. The predicted molar refractivity (Wildman–Crippen MR) is 323 cm³/mol. The average Bonchev–Trinajstić information content (AvgIpc) is 3.38. The van der Waals surface area contributed by atoms with Gasteiger partial charge in [0, 0.05) is 12.8 Å². The van der Waals surface area contributed by atoms with Crippen LogP contribution in [-0.2, 0) is 32.7 Å². The fraction of sp³-hybridized carbons (Fsp3) is 0.818. The van der Waals surface area contributed by atoms with Gasteiger partial charge in [-0.25, -0.2) is 0 Å². The molecule has 0 rings (SSSR count). The number of phosphoric acid groups is 1. The molecule has 0 aromatic rings. The van der Waals surface area contributed by atoms with E-state index in [2.05, 4.69) is 74.6 Å². The van der Waals surface area contributed by atoms with Crippen molar-refractivity contribution in [3.8, 4) is 0 Å². The van der Waals surface area contributed by atoms with Gasteiger partial charge in [0.1, 0.15) is 19.8 Å². The molecule has 0 aliphatic rings. The molecule has 0 aliphatic carbocycles. The summed E-state index contributed by atoms with van der Waals surface area (Å²) in [5.41, 5.74) is 0. The van der Waals surface area contributed by atoms with Crippen LogP contribution in [0.3, 0.4) is 0 Å². The topological polar surface area (TPSA) is 111 Å². The first-order chi connectivity index (χ1) is 37.0. The number of carbonyl (C=O) groups excluding carboxylic acids is 2. The van der Waals surface area contributed by atoms with Gasteiger partial charge in [-0.3, -0.25) is 14.2 Å². The highest BCUT2D eigenvalue weighted by molar-refractivity contribution is 7.45. The van der Waals surface area contributed by atoms with Crippen molar-refractivity contribution in [3.05, 3.63) is 60.8 Å². The maximum absolute atomic E-state index is 12.8. The number of esters is 2. The Kier molecular flexibility index (Phi) is 55.7. The van der Waals surface area contributed by atoms with Gasteiger partial charge in [-0.2, -0.15) is 0 Å². The second-order valence-corrected chi connectivity index (χ2v) is 24.2. The molecule has 9 nitrogen and oxygen atoms in total. The van der Waals surface area contributed by atoms with Crippen LogP contribution in [0.4, 0.5) is 0 Å². The monoisotopic (exact) mass is 1090 g/mol. The van der Waals surface area contributed by atoms with Crippen molar-refractivity contribution in [2.45, 2.75) is 302 Å². The Balaban J connectivity index is 3.89. The summed E-state index contributed by atoms with van der Waals surface area (Å²) in [6.07, 6.45) is 74.5. The second-order valence-electron chi connectivity index (χ2n) is 22.8. The van der Waals surface area contributed by atoms with Gasteiger partial charge >= 0.3 is 11.9 Å². The van der Waals surface area contributed by atoms with Gasteiger partial charge in [0.05, 0.1) is 27.7 Å². The predicted octanol–water partition coefficient (Wildman–Crippen LogP) is 19.6. The average molecular weight is 1090 g/mol. The Morgan fingerprint density at radius 2 is 0.750 bits per heavy atom. The van der Waals surface area contributed by atoms with Crippen LogP contribution >= 0.6 is 7.82 Å². The number of phosphoric ester groups is 1. The normalized spacial score (nSPS) is 13.6. The first-order valence-corrected chi connectivity index (χ1v) is 33.5. The highest BCUT2D eigenvalue weighted by Gasteiger charge is 2.22. The third-order valence-corrected chi connectivity index (χ3v) is 15.0. The van der Waals surface area contributed by atoms with Crippen LogP contribution in [0.15, 0.2) is 60.8 Å². The zero-order chi connectivity index (χ0) is 55.6. The van der Waals surface area contributed by atoms with Crippen LogP contribution in [0.5, 0.6) is 0 Å². The van der Waals surface area contributed by atoms with E-state index in [1.807, 2.05) is 21.1 Å². The fourth-order valence-corrected chi connectivity index (χ4v) is 9.89. The standard InChI is InChI=1S/C66H122NO8P/c1-6-8-10-12-14-16-18-20-21-22-23-24-25-26-27-28-29-30-31-32-33-34-35-36-37-38-39-40-41-42-43-44-45-47-49-51-53-55-57-59-66(69)75-64(63-74-76(70,71)73-61-60-67(3,4)5)62-72-65(68)58-56-54-52-50-48-46-19-17-15-13-11-9-7-2/h8,10,14,16,20-21,23-24,26-27,64H,6-7,9,11-13,15,17-19,22,25,28-63H2,1-5H3/b10-8-,16-14-,21-20-,24-23-,27-26-. The van der Waals surface area contributed by atoms with Crippen molar-refractivity contribution in [2.24, 2.45) is 0 Å². The van der Waals surface area contributed by atoms with Gasteiger partial charge in [-0.15, -0.1) is 0 Å². The maximum atomic E-state index is 12.8. The molecule has 0 heterocycles. The van der Waals surface area contributed by atoms with Crippen LogP contribution in [0, 0.1) is 0 Å². The lowest BCUT2D eigenvalue weighted by molar-refractivity contribution is -0.870. The van der Waals surface area contributed by atoms with E-state index in [1.54, 1.807) is 0 Å². The van der Waals surface area contributed by atoms with Crippen molar-refractivity contribution in [2.75, 3.05) is 47.5 Å². The summed E-state index contributed by atoms with van der Waals surface area (Å²) in [7, 11) is 1.18. The van der Waals surface area contributed by atoms with Crippen molar-refractivity contribution in [1.82, 2.24) is 0 Å². The van der Waals surface area contributed by atoms with E-state index in [9.17, 15) is 19.0 Å². The van der Waals surface area contributed by atoms with Gasteiger partial charge in [0.2, 0.25) is 0 Å². The minimum atomic E-state index is -4.63. The molecule has 0 spiro atoms.